The second-order valence-corrected chi connectivity index (χ2v) is 3.32. The van der Waals surface area contributed by atoms with Gasteiger partial charge in [-0.3, -0.25) is 0 Å². The highest BCUT2D eigenvalue weighted by Crippen LogP contribution is 2.32. The van der Waals surface area contributed by atoms with Crippen LogP contribution in [-0.2, 0) is 0 Å². The van der Waals surface area contributed by atoms with Gasteiger partial charge in [-0.25, -0.2) is 0 Å². The molecule has 0 amide bonds. The molecule has 2 heteroatoms. The molecule has 1 saturated heterocycles. The van der Waals surface area contributed by atoms with Gasteiger partial charge in [0.2, 0.25) is 0 Å². The van der Waals surface area contributed by atoms with Gasteiger partial charge in [0.25, 0.3) is 0 Å². The van der Waals surface area contributed by atoms with Crippen molar-refractivity contribution in [2.75, 3.05) is 13.1 Å². The van der Waals surface area contributed by atoms with Gasteiger partial charge < -0.3 is 10.4 Å². The lowest BCUT2D eigenvalue weighted by atomic mass is 10.0. The summed E-state index contributed by atoms with van der Waals surface area (Å²) in [6.45, 7) is 2.17. The van der Waals surface area contributed by atoms with Gasteiger partial charge in [0, 0.05) is 6.54 Å². The largest absolute Gasteiger partial charge is 0.393 e. The van der Waals surface area contributed by atoms with Gasteiger partial charge in [-0.1, -0.05) is 0 Å². The summed E-state index contributed by atoms with van der Waals surface area (Å²) in [5.41, 5.74) is 0. The Bertz CT molecular complexity index is 113. The van der Waals surface area contributed by atoms with Gasteiger partial charge in [-0.15, -0.1) is 0 Å². The van der Waals surface area contributed by atoms with Crippen molar-refractivity contribution >= 4 is 0 Å². The van der Waals surface area contributed by atoms with E-state index in [9.17, 15) is 5.11 Å². The van der Waals surface area contributed by atoms with Gasteiger partial charge in [0.05, 0.1) is 6.10 Å². The smallest absolute Gasteiger partial charge is 0.0583 e. The zero-order valence-corrected chi connectivity index (χ0v) is 5.51. The van der Waals surface area contributed by atoms with Crippen molar-refractivity contribution in [2.45, 2.75) is 18.9 Å². The van der Waals surface area contributed by atoms with Crippen LogP contribution in [0.2, 0.25) is 0 Å². The molecule has 0 aromatic carbocycles. The lowest BCUT2D eigenvalue weighted by Crippen LogP contribution is -2.32. The summed E-state index contributed by atoms with van der Waals surface area (Å²) in [6.07, 6.45) is 2.30. The minimum Gasteiger partial charge on any atom is -0.393 e. The van der Waals surface area contributed by atoms with Crippen molar-refractivity contribution in [1.29, 1.82) is 0 Å². The van der Waals surface area contributed by atoms with Crippen molar-refractivity contribution in [2.24, 2.45) is 11.8 Å². The van der Waals surface area contributed by atoms with Crippen molar-refractivity contribution in [3.05, 3.63) is 0 Å². The average molecular weight is 127 g/mol. The first-order valence-electron chi connectivity index (χ1n) is 3.75. The van der Waals surface area contributed by atoms with E-state index in [4.69, 9.17) is 0 Å². The molecule has 1 saturated carbocycles. The molecule has 3 atom stereocenters. The minimum atomic E-state index is 0.00463. The van der Waals surface area contributed by atoms with Gasteiger partial charge in [-0.2, -0.15) is 0 Å². The number of aliphatic hydroxyl groups excluding tert-OH is 1. The van der Waals surface area contributed by atoms with Crippen molar-refractivity contribution in [1.82, 2.24) is 5.32 Å². The highest BCUT2D eigenvalue weighted by molar-refractivity contribution is 4.89. The quantitative estimate of drug-likeness (QED) is 0.479. The summed E-state index contributed by atoms with van der Waals surface area (Å²) in [5.74, 6) is 1.35. The maximum Gasteiger partial charge on any atom is 0.0583 e. The van der Waals surface area contributed by atoms with Crippen LogP contribution in [0.1, 0.15) is 12.8 Å². The van der Waals surface area contributed by atoms with E-state index in [1.807, 2.05) is 0 Å². The lowest BCUT2D eigenvalue weighted by molar-refractivity contribution is 0.135. The number of hydrogen-bond acceptors (Lipinski definition) is 2. The zero-order chi connectivity index (χ0) is 6.27. The molecule has 0 aromatic rings. The molecule has 0 aromatic heterocycles. The summed E-state index contributed by atoms with van der Waals surface area (Å²) < 4.78 is 0. The molecule has 9 heavy (non-hydrogen) atoms. The van der Waals surface area contributed by atoms with Crippen molar-refractivity contribution < 1.29 is 5.11 Å². The van der Waals surface area contributed by atoms with Crippen molar-refractivity contribution in [3.63, 3.8) is 0 Å². The topological polar surface area (TPSA) is 32.3 Å². The summed E-state index contributed by atoms with van der Waals surface area (Å²) in [7, 11) is 0. The minimum absolute atomic E-state index is 0.00463. The van der Waals surface area contributed by atoms with Crippen molar-refractivity contribution in [3.8, 4) is 0 Å². The number of fused-ring (bicyclic) bond motifs is 2. The van der Waals surface area contributed by atoms with Crippen LogP contribution in [0.4, 0.5) is 0 Å². The Balaban J connectivity index is 2.07. The summed E-state index contributed by atoms with van der Waals surface area (Å²) in [6, 6.07) is 0. The van der Waals surface area contributed by atoms with Crippen LogP contribution < -0.4 is 5.32 Å². The molecule has 2 unspecified atom stereocenters. The fraction of sp³-hybridized carbons (Fsp3) is 1.00. The molecule has 2 aliphatic rings. The fourth-order valence-electron chi connectivity index (χ4n) is 2.07. The normalized spacial score (nSPS) is 49.7. The Morgan fingerprint density at radius 1 is 1.22 bits per heavy atom. The van der Waals surface area contributed by atoms with Gasteiger partial charge in [0.15, 0.2) is 0 Å². The van der Waals surface area contributed by atoms with Gasteiger partial charge in [0.1, 0.15) is 0 Å². The van der Waals surface area contributed by atoms with Crippen LogP contribution in [0, 0.1) is 11.8 Å². The molecule has 2 fully saturated rings. The summed E-state index contributed by atoms with van der Waals surface area (Å²) in [4.78, 5) is 0. The van der Waals surface area contributed by atoms with E-state index in [0.717, 1.165) is 25.4 Å². The molecule has 2 rings (SSSR count). The van der Waals surface area contributed by atoms with Gasteiger partial charge >= 0.3 is 0 Å². The molecule has 0 spiro atoms. The van der Waals surface area contributed by atoms with Crippen LogP contribution in [0.15, 0.2) is 0 Å². The van der Waals surface area contributed by atoms with Crippen LogP contribution >= 0.6 is 0 Å². The SMILES string of the molecule is OC1CC2CNC[C@@H]1C2. The summed E-state index contributed by atoms with van der Waals surface area (Å²) >= 11 is 0. The molecule has 0 radical (unpaired) electrons. The molecular weight excluding hydrogens is 114 g/mol. The molecule has 2 bridgehead atoms. The highest BCUT2D eigenvalue weighted by atomic mass is 16.3. The number of piperidine rings is 1. The van der Waals surface area contributed by atoms with E-state index in [-0.39, 0.29) is 6.10 Å². The van der Waals surface area contributed by atoms with Crippen LogP contribution in [-0.4, -0.2) is 24.3 Å². The molecule has 1 aliphatic carbocycles. The van der Waals surface area contributed by atoms with E-state index in [1.54, 1.807) is 0 Å². The third-order valence-electron chi connectivity index (χ3n) is 2.59. The number of rotatable bonds is 0. The molecular formula is C7H13NO. The first-order valence-corrected chi connectivity index (χ1v) is 3.75. The Hall–Kier alpha value is -0.0800. The predicted octanol–water partition coefficient (Wildman–Crippen LogP) is -0.0233. The van der Waals surface area contributed by atoms with E-state index in [0.29, 0.717) is 5.92 Å². The number of aliphatic hydroxyl groups is 1. The number of nitrogens with one attached hydrogen (secondary N) is 1. The standard InChI is InChI=1S/C7H13NO/c9-7-2-5-1-6(7)4-8-3-5/h5-9H,1-4H2/t5?,6-,7?/m0/s1. The maximum absolute atomic E-state index is 9.36. The maximum atomic E-state index is 9.36. The zero-order valence-electron chi connectivity index (χ0n) is 5.51. The second-order valence-electron chi connectivity index (χ2n) is 3.32. The third-order valence-corrected chi connectivity index (χ3v) is 2.59. The van der Waals surface area contributed by atoms with E-state index in [2.05, 4.69) is 5.32 Å². The van der Waals surface area contributed by atoms with E-state index >= 15 is 0 Å². The predicted molar refractivity (Wildman–Crippen MR) is 35.1 cm³/mol. The Kier molecular flexibility index (Phi) is 1.24. The van der Waals surface area contributed by atoms with Crippen LogP contribution in [0.25, 0.3) is 0 Å². The highest BCUT2D eigenvalue weighted by Gasteiger charge is 2.35. The molecule has 2 nitrogen and oxygen atoms in total. The monoisotopic (exact) mass is 127 g/mol. The average Bonchev–Trinajstić information content (AvgIpc) is 2.09. The molecule has 2 N–H and O–H groups in total. The molecule has 1 aliphatic heterocycles. The van der Waals surface area contributed by atoms with E-state index in [1.165, 1.54) is 6.42 Å². The van der Waals surface area contributed by atoms with Crippen LogP contribution in [0.5, 0.6) is 0 Å². The van der Waals surface area contributed by atoms with Crippen LogP contribution in [0.3, 0.4) is 0 Å². The first-order chi connectivity index (χ1) is 4.36. The number of hydrogen-bond donors (Lipinski definition) is 2. The fourth-order valence-corrected chi connectivity index (χ4v) is 2.07. The Morgan fingerprint density at radius 3 is 2.78 bits per heavy atom. The second kappa shape index (κ2) is 1.96. The third kappa shape index (κ3) is 0.864. The molecule has 1 heterocycles. The lowest BCUT2D eigenvalue weighted by Gasteiger charge is -2.19. The first kappa shape index (κ1) is 5.69. The van der Waals surface area contributed by atoms with Gasteiger partial charge in [-0.05, 0) is 31.2 Å². The Labute approximate surface area is 55.3 Å². The Morgan fingerprint density at radius 2 is 2.11 bits per heavy atom. The van der Waals surface area contributed by atoms with E-state index < -0.39 is 0 Å². The molecule has 52 valence electrons. The summed E-state index contributed by atoms with van der Waals surface area (Å²) in [5, 5.41) is 12.7.